The Hall–Kier alpha value is -1.13. The number of aliphatic hydroxyl groups is 1. The summed E-state index contributed by atoms with van der Waals surface area (Å²) in [6.07, 6.45) is 2.56. The summed E-state index contributed by atoms with van der Waals surface area (Å²) in [5.74, 6) is 0. The number of fused-ring (bicyclic) bond motifs is 1. The molecule has 2 rings (SSSR count). The van der Waals surface area contributed by atoms with Crippen molar-refractivity contribution in [3.8, 4) is 0 Å². The van der Waals surface area contributed by atoms with E-state index in [9.17, 15) is 5.11 Å². The minimum atomic E-state index is -1.47. The topological polar surface area (TPSA) is 48.9 Å². The molecule has 0 aliphatic heterocycles. The lowest BCUT2D eigenvalue weighted by Crippen LogP contribution is -2.48. The predicted molar refractivity (Wildman–Crippen MR) is 83.7 cm³/mol. The fraction of sp³-hybridized carbons (Fsp3) is 0.533. The summed E-state index contributed by atoms with van der Waals surface area (Å²) in [6, 6.07) is 7.82. The Morgan fingerprint density at radius 3 is 2.47 bits per heavy atom. The lowest BCUT2D eigenvalue weighted by molar-refractivity contribution is 0.300. The van der Waals surface area contributed by atoms with Gasteiger partial charge in [0, 0.05) is 23.5 Å². The first-order valence-electron chi connectivity index (χ1n) is 7.29. The van der Waals surface area contributed by atoms with Gasteiger partial charge in [-0.1, -0.05) is 38.9 Å². The first-order chi connectivity index (χ1) is 9.22. The zero-order valence-electron chi connectivity index (χ0n) is 12.2. The van der Waals surface area contributed by atoms with Gasteiger partial charge in [-0.05, 0) is 24.1 Å². The molecule has 0 bridgehead atoms. The van der Waals surface area contributed by atoms with Crippen molar-refractivity contribution in [2.75, 3.05) is 6.61 Å². The molecule has 4 heteroatoms. The summed E-state index contributed by atoms with van der Waals surface area (Å²) in [7, 11) is -1.47. The number of nitrogens with zero attached hydrogens (tertiary/aromatic N) is 1. The number of hydrogen-bond donors (Lipinski definition) is 2. The van der Waals surface area contributed by atoms with Crippen molar-refractivity contribution in [1.29, 1.82) is 0 Å². The van der Waals surface area contributed by atoms with Gasteiger partial charge in [0.2, 0.25) is 0 Å². The average molecular weight is 276 g/mol. The standard InChI is InChI=1S/C15H24N2OSi/c1-4-19(5-2,6-3)15-13(9-11-18)12-8-7-10-16-14(12)17-15/h7-8,10,18H,4-6,9,11H2,1-3H3,(H,16,17). The van der Waals surface area contributed by atoms with Gasteiger partial charge in [0.25, 0.3) is 0 Å². The van der Waals surface area contributed by atoms with Gasteiger partial charge in [0.15, 0.2) is 0 Å². The molecular formula is C15H24N2OSi. The van der Waals surface area contributed by atoms with Crippen LogP contribution in [0, 0.1) is 0 Å². The molecule has 3 nitrogen and oxygen atoms in total. The Morgan fingerprint density at radius 2 is 1.89 bits per heavy atom. The van der Waals surface area contributed by atoms with Gasteiger partial charge in [-0.3, -0.25) is 0 Å². The summed E-state index contributed by atoms with van der Waals surface area (Å²) in [4.78, 5) is 8.03. The lowest BCUT2D eigenvalue weighted by atomic mass is 10.2. The van der Waals surface area contributed by atoms with E-state index in [-0.39, 0.29) is 6.61 Å². The van der Waals surface area contributed by atoms with Crippen LogP contribution in [-0.4, -0.2) is 29.8 Å². The molecule has 2 heterocycles. The first kappa shape index (κ1) is 14.3. The second-order valence-electron chi connectivity index (χ2n) is 5.19. The lowest BCUT2D eigenvalue weighted by Gasteiger charge is -2.28. The van der Waals surface area contributed by atoms with E-state index in [1.54, 1.807) is 0 Å². The highest BCUT2D eigenvalue weighted by atomic mass is 28.3. The van der Waals surface area contributed by atoms with Crippen molar-refractivity contribution in [3.63, 3.8) is 0 Å². The first-order valence-corrected chi connectivity index (χ1v) is 9.91. The van der Waals surface area contributed by atoms with E-state index in [2.05, 4.69) is 36.8 Å². The highest BCUT2D eigenvalue weighted by Gasteiger charge is 2.33. The molecule has 104 valence electrons. The summed E-state index contributed by atoms with van der Waals surface area (Å²) in [5.41, 5.74) is 2.29. The van der Waals surface area contributed by atoms with Crippen LogP contribution >= 0.6 is 0 Å². The molecule has 0 saturated heterocycles. The molecule has 2 N–H and O–H groups in total. The van der Waals surface area contributed by atoms with Crippen LogP contribution in [0.1, 0.15) is 26.3 Å². The van der Waals surface area contributed by atoms with Crippen molar-refractivity contribution in [1.82, 2.24) is 9.97 Å². The number of rotatable bonds is 6. The number of pyridine rings is 1. The number of H-pyrrole nitrogens is 1. The Kier molecular flexibility index (Phi) is 4.42. The van der Waals surface area contributed by atoms with Gasteiger partial charge in [0.05, 0.1) is 0 Å². The predicted octanol–water partition coefficient (Wildman–Crippen LogP) is 2.81. The molecular weight excluding hydrogens is 252 g/mol. The van der Waals surface area contributed by atoms with Crippen molar-refractivity contribution in [2.24, 2.45) is 0 Å². The summed E-state index contributed by atoms with van der Waals surface area (Å²) in [5, 5.41) is 12.0. The monoisotopic (exact) mass is 276 g/mol. The minimum absolute atomic E-state index is 0.205. The molecule has 0 fully saturated rings. The fourth-order valence-corrected chi connectivity index (χ4v) is 7.03. The van der Waals surface area contributed by atoms with E-state index < -0.39 is 8.07 Å². The van der Waals surface area contributed by atoms with Crippen LogP contribution in [-0.2, 0) is 6.42 Å². The van der Waals surface area contributed by atoms with E-state index in [0.29, 0.717) is 0 Å². The van der Waals surface area contributed by atoms with Crippen molar-refractivity contribution < 1.29 is 5.11 Å². The second-order valence-corrected chi connectivity index (χ2v) is 10.4. The Balaban J connectivity index is 2.67. The van der Waals surface area contributed by atoms with Crippen LogP contribution in [0.3, 0.4) is 0 Å². The van der Waals surface area contributed by atoms with Crippen molar-refractivity contribution in [2.45, 2.75) is 45.3 Å². The molecule has 0 spiro atoms. The molecule has 0 radical (unpaired) electrons. The van der Waals surface area contributed by atoms with Gasteiger partial charge in [-0.2, -0.15) is 0 Å². The summed E-state index contributed by atoms with van der Waals surface area (Å²) >= 11 is 0. The molecule has 0 unspecified atom stereocenters. The maximum absolute atomic E-state index is 9.39. The van der Waals surface area contributed by atoms with Gasteiger partial charge in [-0.25, -0.2) is 4.98 Å². The summed E-state index contributed by atoms with van der Waals surface area (Å²) in [6.45, 7) is 7.12. The maximum Gasteiger partial charge on any atom is 0.137 e. The van der Waals surface area contributed by atoms with Gasteiger partial charge in [-0.15, -0.1) is 0 Å². The second kappa shape index (κ2) is 5.88. The third-order valence-electron chi connectivity index (χ3n) is 4.60. The Morgan fingerprint density at radius 1 is 1.21 bits per heavy atom. The van der Waals surface area contributed by atoms with E-state index in [4.69, 9.17) is 0 Å². The highest BCUT2D eigenvalue weighted by molar-refractivity contribution is 6.91. The Labute approximate surface area is 116 Å². The van der Waals surface area contributed by atoms with Crippen molar-refractivity contribution in [3.05, 3.63) is 23.9 Å². The van der Waals surface area contributed by atoms with Crippen LogP contribution in [0.25, 0.3) is 11.0 Å². The van der Waals surface area contributed by atoms with Crippen LogP contribution in [0.5, 0.6) is 0 Å². The van der Waals surface area contributed by atoms with Gasteiger partial charge >= 0.3 is 0 Å². The molecule has 2 aromatic rings. The number of aromatic amines is 1. The minimum Gasteiger partial charge on any atom is -0.396 e. The molecule has 2 aromatic heterocycles. The largest absolute Gasteiger partial charge is 0.396 e. The van der Waals surface area contributed by atoms with E-state index in [1.165, 1.54) is 34.4 Å². The van der Waals surface area contributed by atoms with Gasteiger partial charge < -0.3 is 10.1 Å². The zero-order chi connectivity index (χ0) is 13.9. The highest BCUT2D eigenvalue weighted by Crippen LogP contribution is 2.25. The fourth-order valence-electron chi connectivity index (χ4n) is 3.18. The van der Waals surface area contributed by atoms with Gasteiger partial charge in [0.1, 0.15) is 13.7 Å². The van der Waals surface area contributed by atoms with Crippen LogP contribution in [0.15, 0.2) is 18.3 Å². The average Bonchev–Trinajstić information content (AvgIpc) is 2.82. The Bertz CT molecular complexity index is 538. The SMILES string of the molecule is CC[Si](CC)(CC)c1[nH]c2ncccc2c1CCO. The molecule has 0 aromatic carbocycles. The molecule has 0 saturated carbocycles. The number of hydrogen-bond acceptors (Lipinski definition) is 2. The molecule has 0 aliphatic carbocycles. The summed E-state index contributed by atoms with van der Waals surface area (Å²) < 4.78 is 0. The molecule has 0 aliphatic rings. The smallest absolute Gasteiger partial charge is 0.137 e. The molecule has 0 amide bonds. The van der Waals surface area contributed by atoms with Crippen LogP contribution in [0.2, 0.25) is 18.1 Å². The normalized spacial score (nSPS) is 12.2. The number of aliphatic hydroxyl groups excluding tert-OH is 1. The third kappa shape index (κ3) is 2.35. The van der Waals surface area contributed by atoms with Crippen LogP contribution < -0.4 is 5.32 Å². The van der Waals surface area contributed by atoms with E-state index >= 15 is 0 Å². The van der Waals surface area contributed by atoms with E-state index in [0.717, 1.165) is 12.1 Å². The van der Waals surface area contributed by atoms with Crippen LogP contribution in [0.4, 0.5) is 0 Å². The number of aromatic nitrogens is 2. The molecule has 19 heavy (non-hydrogen) atoms. The quantitative estimate of drug-likeness (QED) is 0.797. The maximum atomic E-state index is 9.39. The number of nitrogens with one attached hydrogen (secondary N) is 1. The van der Waals surface area contributed by atoms with E-state index in [1.807, 2.05) is 12.3 Å². The third-order valence-corrected chi connectivity index (χ3v) is 10.1. The molecule has 0 atom stereocenters. The van der Waals surface area contributed by atoms with Crippen molar-refractivity contribution >= 4 is 24.4 Å². The zero-order valence-corrected chi connectivity index (χ0v) is 13.2.